The third-order valence-electron chi connectivity index (χ3n) is 3.72. The molecule has 10 nitrogen and oxygen atoms in total. The largest absolute Gasteiger partial charge is 0.465 e. The van der Waals surface area contributed by atoms with Crippen molar-refractivity contribution >= 4 is 34.7 Å². The van der Waals surface area contributed by atoms with Crippen LogP contribution in [-0.2, 0) is 12.8 Å². The van der Waals surface area contributed by atoms with Gasteiger partial charge in [0.25, 0.3) is 5.95 Å². The summed E-state index contributed by atoms with van der Waals surface area (Å²) in [5.74, 6) is 1.34. The Morgan fingerprint density at radius 3 is 2.81 bits per heavy atom. The molecule has 4 rings (SSSR count). The fourth-order valence-corrected chi connectivity index (χ4v) is 3.50. The van der Waals surface area contributed by atoms with Crippen LogP contribution in [0.25, 0.3) is 17.0 Å². The van der Waals surface area contributed by atoms with Gasteiger partial charge in [-0.3, -0.25) is 9.88 Å². The molecule has 0 unspecified atom stereocenters. The summed E-state index contributed by atoms with van der Waals surface area (Å²) >= 11 is 1.47. The molecular formula is C16H14N8O2S. The summed E-state index contributed by atoms with van der Waals surface area (Å²) in [4.78, 5) is 19.7. The Bertz CT molecular complexity index is 1120. The summed E-state index contributed by atoms with van der Waals surface area (Å²) in [6, 6.07) is 12.9. The standard InChI is InChI=1S/C16H14N8O2S/c1-23-14(20-21-22-23)24-12-7-3-2-6-11(12)18-15(24)27-9-10-5-4-8-13(17-10)19-16(25)26/h2-8H,9H2,1H3,(H,17,19)(H,25,26). The van der Waals surface area contributed by atoms with Crippen molar-refractivity contribution in [2.24, 2.45) is 7.05 Å². The highest BCUT2D eigenvalue weighted by atomic mass is 32.2. The van der Waals surface area contributed by atoms with Gasteiger partial charge in [0.15, 0.2) is 5.16 Å². The second-order valence-corrected chi connectivity index (χ2v) is 6.50. The number of carbonyl (C=O) groups is 1. The monoisotopic (exact) mass is 382 g/mol. The quantitative estimate of drug-likeness (QED) is 0.504. The lowest BCUT2D eigenvalue weighted by atomic mass is 10.3. The second-order valence-electron chi connectivity index (χ2n) is 5.55. The highest BCUT2D eigenvalue weighted by Gasteiger charge is 2.17. The normalized spacial score (nSPS) is 11.0. The van der Waals surface area contributed by atoms with Crippen molar-refractivity contribution in [2.75, 3.05) is 5.32 Å². The van der Waals surface area contributed by atoms with Gasteiger partial charge in [-0.1, -0.05) is 35.1 Å². The number of amides is 1. The molecule has 0 atom stereocenters. The number of rotatable bonds is 5. The Kier molecular flexibility index (Phi) is 4.42. The molecule has 0 bridgehead atoms. The molecule has 27 heavy (non-hydrogen) atoms. The number of fused-ring (bicyclic) bond motifs is 1. The van der Waals surface area contributed by atoms with E-state index in [1.807, 2.05) is 34.9 Å². The van der Waals surface area contributed by atoms with Crippen LogP contribution in [0.5, 0.6) is 0 Å². The van der Waals surface area contributed by atoms with Gasteiger partial charge >= 0.3 is 6.09 Å². The highest BCUT2D eigenvalue weighted by Crippen LogP contribution is 2.28. The number of aromatic nitrogens is 7. The number of hydrogen-bond acceptors (Lipinski definition) is 7. The molecule has 0 aliphatic rings. The first-order valence-corrected chi connectivity index (χ1v) is 8.89. The van der Waals surface area contributed by atoms with Crippen LogP contribution in [0.2, 0.25) is 0 Å². The lowest BCUT2D eigenvalue weighted by Gasteiger charge is -2.07. The molecular weight excluding hydrogens is 368 g/mol. The SMILES string of the molecule is Cn1nnnc1-n1c(SCc2cccc(NC(=O)O)n2)nc2ccccc21. The van der Waals surface area contributed by atoms with Crippen LogP contribution < -0.4 is 5.32 Å². The molecule has 3 heterocycles. The van der Waals surface area contributed by atoms with Crippen LogP contribution in [0.4, 0.5) is 10.6 Å². The molecule has 2 N–H and O–H groups in total. The van der Waals surface area contributed by atoms with Crippen molar-refractivity contribution in [1.29, 1.82) is 0 Å². The second kappa shape index (κ2) is 7.03. The summed E-state index contributed by atoms with van der Waals surface area (Å²) in [7, 11) is 1.77. The Morgan fingerprint density at radius 2 is 2.04 bits per heavy atom. The average molecular weight is 382 g/mol. The van der Waals surface area contributed by atoms with Crippen LogP contribution >= 0.6 is 11.8 Å². The first-order valence-electron chi connectivity index (χ1n) is 7.91. The molecule has 0 fully saturated rings. The molecule has 11 heteroatoms. The predicted molar refractivity (Wildman–Crippen MR) is 98.9 cm³/mol. The van der Waals surface area contributed by atoms with Gasteiger partial charge in [0.2, 0.25) is 0 Å². The number of pyridine rings is 1. The Balaban J connectivity index is 1.67. The Labute approximate surface area is 157 Å². The number of nitrogens with one attached hydrogen (secondary N) is 1. The fourth-order valence-electron chi connectivity index (χ4n) is 2.59. The lowest BCUT2D eigenvalue weighted by Crippen LogP contribution is -2.09. The number of benzene rings is 1. The van der Waals surface area contributed by atoms with E-state index < -0.39 is 6.09 Å². The fraction of sp³-hybridized carbons (Fsp3) is 0.125. The van der Waals surface area contributed by atoms with E-state index in [0.29, 0.717) is 16.9 Å². The molecule has 3 aromatic heterocycles. The average Bonchev–Trinajstić information content (AvgIpc) is 3.22. The number of carboxylic acid groups (broad SMARTS) is 1. The number of thioether (sulfide) groups is 1. The number of imidazole rings is 1. The summed E-state index contributed by atoms with van der Waals surface area (Å²) < 4.78 is 3.47. The predicted octanol–water partition coefficient (Wildman–Crippen LogP) is 2.33. The number of tetrazole rings is 1. The molecule has 1 amide bonds. The van der Waals surface area contributed by atoms with E-state index in [1.165, 1.54) is 11.8 Å². The third-order valence-corrected chi connectivity index (χ3v) is 4.69. The van der Waals surface area contributed by atoms with Crippen molar-refractivity contribution in [3.05, 3.63) is 48.2 Å². The van der Waals surface area contributed by atoms with E-state index in [-0.39, 0.29) is 5.82 Å². The number of nitrogens with zero attached hydrogens (tertiary/aromatic N) is 7. The highest BCUT2D eigenvalue weighted by molar-refractivity contribution is 7.98. The number of hydrogen-bond donors (Lipinski definition) is 2. The number of para-hydroxylation sites is 2. The lowest BCUT2D eigenvalue weighted by molar-refractivity contribution is 0.209. The Morgan fingerprint density at radius 1 is 1.19 bits per heavy atom. The minimum absolute atomic E-state index is 0.284. The summed E-state index contributed by atoms with van der Waals surface area (Å²) in [5, 5.41) is 23.5. The van der Waals surface area contributed by atoms with E-state index in [4.69, 9.17) is 5.11 Å². The van der Waals surface area contributed by atoms with Crippen LogP contribution in [0.3, 0.4) is 0 Å². The van der Waals surface area contributed by atoms with Crippen LogP contribution in [0, 0.1) is 0 Å². The Hall–Kier alpha value is -3.47. The van der Waals surface area contributed by atoms with Crippen LogP contribution in [0.1, 0.15) is 5.69 Å². The van der Waals surface area contributed by atoms with Crippen LogP contribution in [0.15, 0.2) is 47.6 Å². The van der Waals surface area contributed by atoms with Crippen molar-refractivity contribution < 1.29 is 9.90 Å². The zero-order chi connectivity index (χ0) is 18.8. The first-order chi connectivity index (χ1) is 13.1. The number of aryl methyl sites for hydroxylation is 1. The van der Waals surface area contributed by atoms with Gasteiger partial charge in [-0.05, 0) is 34.7 Å². The van der Waals surface area contributed by atoms with Gasteiger partial charge in [-0.25, -0.2) is 19.4 Å². The summed E-state index contributed by atoms with van der Waals surface area (Å²) in [6.45, 7) is 0. The number of anilines is 1. The zero-order valence-corrected chi connectivity index (χ0v) is 15.0. The topological polar surface area (TPSA) is 124 Å². The molecule has 0 saturated heterocycles. The van der Waals surface area contributed by atoms with Crippen molar-refractivity contribution in [3.8, 4) is 5.95 Å². The molecule has 0 saturated carbocycles. The van der Waals surface area contributed by atoms with Gasteiger partial charge in [0.05, 0.1) is 16.7 Å². The van der Waals surface area contributed by atoms with Gasteiger partial charge < -0.3 is 5.11 Å². The maximum Gasteiger partial charge on any atom is 0.410 e. The smallest absolute Gasteiger partial charge is 0.410 e. The molecule has 0 aliphatic heterocycles. The molecule has 136 valence electrons. The minimum atomic E-state index is -1.15. The van der Waals surface area contributed by atoms with Crippen molar-refractivity contribution in [1.82, 2.24) is 34.7 Å². The molecule has 0 aliphatic carbocycles. The van der Waals surface area contributed by atoms with Crippen LogP contribution in [-0.4, -0.2) is 45.9 Å². The van der Waals surface area contributed by atoms with E-state index in [2.05, 4.69) is 30.8 Å². The summed E-state index contributed by atoms with van der Waals surface area (Å²) in [5.41, 5.74) is 2.45. The van der Waals surface area contributed by atoms with Gasteiger partial charge in [0, 0.05) is 12.8 Å². The molecule has 1 aromatic carbocycles. The van der Waals surface area contributed by atoms with E-state index >= 15 is 0 Å². The van der Waals surface area contributed by atoms with Gasteiger partial charge in [0.1, 0.15) is 5.82 Å². The van der Waals surface area contributed by atoms with E-state index in [0.717, 1.165) is 16.7 Å². The van der Waals surface area contributed by atoms with Gasteiger partial charge in [-0.15, -0.1) is 0 Å². The molecule has 0 radical (unpaired) electrons. The molecule has 4 aromatic rings. The zero-order valence-electron chi connectivity index (χ0n) is 14.1. The van der Waals surface area contributed by atoms with Crippen molar-refractivity contribution in [2.45, 2.75) is 10.9 Å². The van der Waals surface area contributed by atoms with Crippen molar-refractivity contribution in [3.63, 3.8) is 0 Å². The van der Waals surface area contributed by atoms with E-state index in [9.17, 15) is 4.79 Å². The maximum absolute atomic E-state index is 10.8. The third kappa shape index (κ3) is 3.44. The van der Waals surface area contributed by atoms with E-state index in [1.54, 1.807) is 23.9 Å². The maximum atomic E-state index is 10.8. The summed E-state index contributed by atoms with van der Waals surface area (Å²) in [6.07, 6.45) is -1.15. The minimum Gasteiger partial charge on any atom is -0.465 e. The molecule has 0 spiro atoms. The van der Waals surface area contributed by atoms with Gasteiger partial charge in [-0.2, -0.15) is 0 Å². The first kappa shape index (κ1) is 17.0.